The van der Waals surface area contributed by atoms with E-state index in [-0.39, 0.29) is 12.3 Å². The fourth-order valence-corrected chi connectivity index (χ4v) is 3.82. The van der Waals surface area contributed by atoms with Crippen LogP contribution in [0.25, 0.3) is 0 Å². The van der Waals surface area contributed by atoms with E-state index in [1.165, 1.54) is 4.88 Å². The van der Waals surface area contributed by atoms with Gasteiger partial charge in [-0.05, 0) is 35.9 Å². The molecule has 0 saturated carbocycles. The molecule has 0 spiro atoms. The van der Waals surface area contributed by atoms with E-state index in [9.17, 15) is 14.7 Å². The summed E-state index contributed by atoms with van der Waals surface area (Å²) >= 11 is 1.65. The second-order valence-corrected chi connectivity index (χ2v) is 6.66. The normalized spacial score (nSPS) is 21.4. The van der Waals surface area contributed by atoms with Crippen molar-refractivity contribution in [2.24, 2.45) is 5.92 Å². The van der Waals surface area contributed by atoms with Crippen LogP contribution in [0.3, 0.4) is 0 Å². The number of pyridine rings is 1. The van der Waals surface area contributed by atoms with Gasteiger partial charge in [0.15, 0.2) is 0 Å². The zero-order chi connectivity index (χ0) is 16.2. The zero-order valence-electron chi connectivity index (χ0n) is 12.6. The topological polar surface area (TPSA) is 70.5 Å². The van der Waals surface area contributed by atoms with Crippen LogP contribution in [-0.4, -0.2) is 33.4 Å². The van der Waals surface area contributed by atoms with Crippen LogP contribution in [0.5, 0.6) is 0 Å². The van der Waals surface area contributed by atoms with Crippen LogP contribution in [-0.2, 0) is 16.0 Å². The molecule has 23 heavy (non-hydrogen) atoms. The number of hydrogen-bond acceptors (Lipinski definition) is 4. The largest absolute Gasteiger partial charge is 0.481 e. The number of thiophene rings is 1. The minimum absolute atomic E-state index is 0.0212. The number of carbonyl (C=O) groups is 2. The highest BCUT2D eigenvalue weighted by Gasteiger charge is 2.40. The standard InChI is InChI=1S/C17H18N2O3S/c20-15-6-5-14(17(21)22)16(12-3-1-8-18-11-12)19(15)9-7-13-4-2-10-23-13/h1-4,8,10-11,14,16H,5-7,9H2,(H,21,22)/t14-,16+/m0/s1. The molecule has 3 heterocycles. The number of carboxylic acid groups (broad SMARTS) is 1. The summed E-state index contributed by atoms with van der Waals surface area (Å²) in [6.45, 7) is 0.530. The van der Waals surface area contributed by atoms with E-state index in [2.05, 4.69) is 4.98 Å². The van der Waals surface area contributed by atoms with Crippen LogP contribution < -0.4 is 0 Å². The van der Waals surface area contributed by atoms with E-state index in [0.717, 1.165) is 12.0 Å². The van der Waals surface area contributed by atoms with Gasteiger partial charge in [0.05, 0.1) is 12.0 Å². The van der Waals surface area contributed by atoms with Crippen LogP contribution in [0.2, 0.25) is 0 Å². The Morgan fingerprint density at radius 2 is 2.26 bits per heavy atom. The monoisotopic (exact) mass is 330 g/mol. The van der Waals surface area contributed by atoms with Gasteiger partial charge in [0.1, 0.15) is 0 Å². The number of aromatic nitrogens is 1. The Hall–Kier alpha value is -2.21. The molecule has 3 rings (SSSR count). The predicted octanol–water partition coefficient (Wildman–Crippen LogP) is 2.75. The molecule has 2 atom stereocenters. The van der Waals surface area contributed by atoms with Gasteiger partial charge in [0.25, 0.3) is 0 Å². The number of aliphatic carboxylic acids is 1. The molecule has 1 amide bonds. The number of piperidine rings is 1. The average molecular weight is 330 g/mol. The lowest BCUT2D eigenvalue weighted by Gasteiger charge is -2.39. The summed E-state index contributed by atoms with van der Waals surface area (Å²) in [7, 11) is 0. The van der Waals surface area contributed by atoms with Gasteiger partial charge in [-0.1, -0.05) is 12.1 Å². The zero-order valence-corrected chi connectivity index (χ0v) is 13.4. The summed E-state index contributed by atoms with van der Waals surface area (Å²) in [5.41, 5.74) is 0.791. The van der Waals surface area contributed by atoms with Crippen molar-refractivity contribution in [2.45, 2.75) is 25.3 Å². The molecule has 1 aliphatic heterocycles. The lowest BCUT2D eigenvalue weighted by Crippen LogP contribution is -2.46. The number of rotatable bonds is 5. The summed E-state index contributed by atoms with van der Waals surface area (Å²) < 4.78 is 0. The first-order chi connectivity index (χ1) is 11.2. The van der Waals surface area contributed by atoms with Crippen LogP contribution in [0, 0.1) is 5.92 Å². The van der Waals surface area contributed by atoms with Crippen molar-refractivity contribution in [1.82, 2.24) is 9.88 Å². The Bertz CT molecular complexity index is 672. The van der Waals surface area contributed by atoms with E-state index >= 15 is 0 Å². The third kappa shape index (κ3) is 3.42. The Morgan fingerprint density at radius 3 is 2.91 bits per heavy atom. The molecule has 120 valence electrons. The lowest BCUT2D eigenvalue weighted by atomic mass is 9.84. The maximum atomic E-state index is 12.4. The van der Waals surface area contributed by atoms with Crippen LogP contribution >= 0.6 is 11.3 Å². The smallest absolute Gasteiger partial charge is 0.308 e. The van der Waals surface area contributed by atoms with Gasteiger partial charge in [-0.3, -0.25) is 14.6 Å². The predicted molar refractivity (Wildman–Crippen MR) is 87.1 cm³/mol. The molecule has 2 aromatic rings. The number of carbonyl (C=O) groups excluding carboxylic acids is 1. The Morgan fingerprint density at radius 1 is 1.39 bits per heavy atom. The van der Waals surface area contributed by atoms with Gasteiger partial charge < -0.3 is 10.0 Å². The first-order valence-electron chi connectivity index (χ1n) is 7.61. The van der Waals surface area contributed by atoms with Crippen LogP contribution in [0.15, 0.2) is 42.0 Å². The number of carboxylic acids is 1. The van der Waals surface area contributed by atoms with Gasteiger partial charge in [-0.15, -0.1) is 11.3 Å². The highest BCUT2D eigenvalue weighted by atomic mass is 32.1. The van der Waals surface area contributed by atoms with Gasteiger partial charge >= 0.3 is 5.97 Å². The van der Waals surface area contributed by atoms with Crippen LogP contribution in [0.4, 0.5) is 0 Å². The average Bonchev–Trinajstić information content (AvgIpc) is 3.07. The second-order valence-electron chi connectivity index (χ2n) is 5.63. The molecule has 5 nitrogen and oxygen atoms in total. The molecule has 0 radical (unpaired) electrons. The van der Waals surface area contributed by atoms with E-state index in [0.29, 0.717) is 13.0 Å². The highest BCUT2D eigenvalue weighted by Crippen LogP contribution is 2.36. The molecule has 1 aliphatic rings. The fourth-order valence-electron chi connectivity index (χ4n) is 3.12. The molecular formula is C17H18N2O3S. The summed E-state index contributed by atoms with van der Waals surface area (Å²) in [4.78, 5) is 31.1. The van der Waals surface area contributed by atoms with E-state index < -0.39 is 17.9 Å². The molecule has 1 fully saturated rings. The molecule has 1 saturated heterocycles. The number of hydrogen-bond donors (Lipinski definition) is 1. The Balaban J connectivity index is 1.87. The second kappa shape index (κ2) is 6.91. The molecule has 0 unspecified atom stereocenters. The molecule has 1 N–H and O–H groups in total. The van der Waals surface area contributed by atoms with Crippen molar-refractivity contribution in [3.63, 3.8) is 0 Å². The van der Waals surface area contributed by atoms with Gasteiger partial charge in [0, 0.05) is 30.2 Å². The molecule has 0 bridgehead atoms. The number of amides is 1. The van der Waals surface area contributed by atoms with Gasteiger partial charge in [0.2, 0.25) is 5.91 Å². The van der Waals surface area contributed by atoms with Crippen LogP contribution in [0.1, 0.15) is 29.3 Å². The lowest BCUT2D eigenvalue weighted by molar-refractivity contribution is -0.152. The molecule has 0 aromatic carbocycles. The van der Waals surface area contributed by atoms with Crippen molar-refractivity contribution in [3.8, 4) is 0 Å². The summed E-state index contributed by atoms with van der Waals surface area (Å²) in [5.74, 6) is -1.42. The number of likely N-dealkylation sites (tertiary alicyclic amines) is 1. The van der Waals surface area contributed by atoms with Crippen molar-refractivity contribution in [1.29, 1.82) is 0 Å². The van der Waals surface area contributed by atoms with Crippen molar-refractivity contribution < 1.29 is 14.7 Å². The van der Waals surface area contributed by atoms with E-state index in [1.807, 2.05) is 23.6 Å². The van der Waals surface area contributed by atoms with Gasteiger partial charge in [-0.2, -0.15) is 0 Å². The fraction of sp³-hybridized carbons (Fsp3) is 0.353. The summed E-state index contributed by atoms with van der Waals surface area (Å²) in [6.07, 6.45) is 4.73. The van der Waals surface area contributed by atoms with E-state index in [1.54, 1.807) is 34.7 Å². The van der Waals surface area contributed by atoms with E-state index in [4.69, 9.17) is 0 Å². The van der Waals surface area contributed by atoms with Crippen molar-refractivity contribution >= 4 is 23.2 Å². The molecular weight excluding hydrogens is 312 g/mol. The Labute approximate surface area is 138 Å². The summed E-state index contributed by atoms with van der Waals surface area (Å²) in [5, 5.41) is 11.6. The third-order valence-corrected chi connectivity index (χ3v) is 5.16. The highest BCUT2D eigenvalue weighted by molar-refractivity contribution is 7.09. The number of nitrogens with zero attached hydrogens (tertiary/aromatic N) is 2. The summed E-state index contributed by atoms with van der Waals surface area (Å²) in [6, 6.07) is 7.21. The maximum Gasteiger partial charge on any atom is 0.308 e. The Kier molecular flexibility index (Phi) is 4.71. The third-order valence-electron chi connectivity index (χ3n) is 4.23. The maximum absolute atomic E-state index is 12.4. The molecule has 0 aliphatic carbocycles. The van der Waals surface area contributed by atoms with Gasteiger partial charge in [-0.25, -0.2) is 0 Å². The first kappa shape index (κ1) is 15.7. The van der Waals surface area contributed by atoms with Crippen molar-refractivity contribution in [3.05, 3.63) is 52.5 Å². The minimum Gasteiger partial charge on any atom is -0.481 e. The van der Waals surface area contributed by atoms with Crippen molar-refractivity contribution in [2.75, 3.05) is 6.54 Å². The molecule has 6 heteroatoms. The first-order valence-corrected chi connectivity index (χ1v) is 8.49. The molecule has 2 aromatic heterocycles. The quantitative estimate of drug-likeness (QED) is 0.915. The SMILES string of the molecule is O=C(O)[C@H]1CCC(=O)N(CCc2cccs2)[C@@H]1c1cccnc1. The minimum atomic E-state index is -0.854.